The highest BCUT2D eigenvalue weighted by atomic mass is 16.3. The third kappa shape index (κ3) is 4.39. The molecule has 0 amide bonds. The first-order valence-electron chi connectivity index (χ1n) is 10.8. The summed E-state index contributed by atoms with van der Waals surface area (Å²) in [6.45, 7) is 0. The van der Waals surface area contributed by atoms with Crippen LogP contribution in [0.4, 0.5) is 11.4 Å². The quantitative estimate of drug-likeness (QED) is 0.418. The van der Waals surface area contributed by atoms with E-state index in [1.807, 2.05) is 101 Å². The number of benzene rings is 4. The monoisotopic (exact) mass is 422 g/mol. The van der Waals surface area contributed by atoms with E-state index in [2.05, 4.69) is 40.1 Å². The van der Waals surface area contributed by atoms with Crippen molar-refractivity contribution in [1.82, 2.24) is 0 Å². The van der Waals surface area contributed by atoms with Crippen molar-refractivity contribution in [2.24, 2.45) is 0 Å². The molecule has 162 valence electrons. The predicted molar refractivity (Wildman–Crippen MR) is 138 cm³/mol. The van der Waals surface area contributed by atoms with E-state index >= 15 is 0 Å². The van der Waals surface area contributed by atoms with E-state index in [1.54, 1.807) is 0 Å². The molecule has 0 heterocycles. The van der Waals surface area contributed by atoms with Gasteiger partial charge in [-0.25, -0.2) is 0 Å². The summed E-state index contributed by atoms with van der Waals surface area (Å²) >= 11 is 0. The minimum absolute atomic E-state index is 0.831. The van der Waals surface area contributed by atoms with E-state index in [9.17, 15) is 5.11 Å². The number of fused-ring (bicyclic) bond motifs is 1. The maximum atomic E-state index is 12.0. The molecule has 1 N–H and O–H groups in total. The van der Waals surface area contributed by atoms with Gasteiger partial charge in [-0.2, -0.15) is 0 Å². The topological polar surface area (TPSA) is 26.7 Å². The first-order chi connectivity index (χ1) is 15.4. The Bertz CT molecular complexity index is 1170. The Morgan fingerprint density at radius 3 is 1.62 bits per heavy atom. The van der Waals surface area contributed by atoms with Crippen molar-refractivity contribution >= 4 is 28.2 Å². The molecular weight excluding hydrogens is 392 g/mol. The summed E-state index contributed by atoms with van der Waals surface area (Å²) < 4.78 is 0. The summed E-state index contributed by atoms with van der Waals surface area (Å²) in [6.07, 6.45) is 3.90. The fourth-order valence-electron chi connectivity index (χ4n) is 3.91. The van der Waals surface area contributed by atoms with Gasteiger partial charge in [0.05, 0.1) is 0 Å². The Kier molecular flexibility index (Phi) is 6.02. The van der Waals surface area contributed by atoms with Crippen LogP contribution in [0.1, 0.15) is 16.7 Å². The van der Waals surface area contributed by atoms with Gasteiger partial charge in [0.2, 0.25) is 0 Å². The van der Waals surface area contributed by atoms with Crippen LogP contribution in [0.5, 0.6) is 0 Å². The summed E-state index contributed by atoms with van der Waals surface area (Å²) in [5, 5.41) is 14.4. The van der Waals surface area contributed by atoms with Crippen LogP contribution in [0, 0.1) is 0 Å². The molecule has 0 saturated carbocycles. The van der Waals surface area contributed by atoms with Crippen molar-refractivity contribution in [1.29, 1.82) is 0 Å². The first kappa shape index (κ1) is 21.7. The molecular formula is C29H30N2O. The van der Waals surface area contributed by atoms with Crippen LogP contribution in [0.2, 0.25) is 0 Å². The summed E-state index contributed by atoms with van der Waals surface area (Å²) in [5.74, 6) is 0. The number of aliphatic hydroxyl groups is 1. The van der Waals surface area contributed by atoms with E-state index in [-0.39, 0.29) is 0 Å². The number of rotatable bonds is 6. The summed E-state index contributed by atoms with van der Waals surface area (Å²) in [7, 11) is 8.06. The third-order valence-electron chi connectivity index (χ3n) is 5.94. The zero-order valence-corrected chi connectivity index (χ0v) is 19.2. The fourth-order valence-corrected chi connectivity index (χ4v) is 3.91. The second-order valence-corrected chi connectivity index (χ2v) is 8.59. The van der Waals surface area contributed by atoms with Crippen molar-refractivity contribution in [3.8, 4) is 0 Å². The zero-order valence-electron chi connectivity index (χ0n) is 19.2. The molecule has 0 fully saturated rings. The molecule has 0 aliphatic rings. The van der Waals surface area contributed by atoms with E-state index in [4.69, 9.17) is 0 Å². The van der Waals surface area contributed by atoms with Crippen LogP contribution in [-0.4, -0.2) is 33.3 Å². The average molecular weight is 423 g/mol. The number of hydrogen-bond acceptors (Lipinski definition) is 3. The Morgan fingerprint density at radius 2 is 1.12 bits per heavy atom. The Labute approximate surface area is 190 Å². The Morgan fingerprint density at radius 1 is 0.625 bits per heavy atom. The van der Waals surface area contributed by atoms with Gasteiger partial charge >= 0.3 is 0 Å². The minimum Gasteiger partial charge on any atom is -0.378 e. The normalized spacial score (nSPS) is 11.8. The Hall–Kier alpha value is -3.56. The average Bonchev–Trinajstić information content (AvgIpc) is 2.82. The van der Waals surface area contributed by atoms with Gasteiger partial charge in [-0.05, 0) is 63.9 Å². The minimum atomic E-state index is -1.25. The fraction of sp³-hybridized carbons (Fsp3) is 0.172. The molecule has 32 heavy (non-hydrogen) atoms. The van der Waals surface area contributed by atoms with Crippen LogP contribution in [0.25, 0.3) is 16.8 Å². The standard InChI is InChI=1S/C29H30N2O/c1-30(2)27-15-11-25(12-16-27)29(32,26-13-17-28(18-14-26)31(3)4)20-19-22-9-10-23-7-5-6-8-24(23)21-22/h5-21,32H,1-4H3/b20-19+. The van der Waals surface area contributed by atoms with E-state index in [0.29, 0.717) is 0 Å². The lowest BCUT2D eigenvalue weighted by atomic mass is 9.85. The molecule has 3 nitrogen and oxygen atoms in total. The molecule has 0 aromatic heterocycles. The number of nitrogens with zero attached hydrogens (tertiary/aromatic N) is 2. The highest BCUT2D eigenvalue weighted by Gasteiger charge is 2.28. The van der Waals surface area contributed by atoms with Crippen molar-refractivity contribution in [3.63, 3.8) is 0 Å². The molecule has 0 unspecified atom stereocenters. The highest BCUT2D eigenvalue weighted by molar-refractivity contribution is 5.84. The molecule has 0 aliphatic heterocycles. The summed E-state index contributed by atoms with van der Waals surface area (Å²) in [6, 6.07) is 30.8. The zero-order chi connectivity index (χ0) is 22.7. The van der Waals surface area contributed by atoms with Gasteiger partial charge in [-0.15, -0.1) is 0 Å². The van der Waals surface area contributed by atoms with Crippen LogP contribution in [0.3, 0.4) is 0 Å². The van der Waals surface area contributed by atoms with Gasteiger partial charge < -0.3 is 14.9 Å². The third-order valence-corrected chi connectivity index (χ3v) is 5.94. The van der Waals surface area contributed by atoms with Gasteiger partial charge in [0.15, 0.2) is 0 Å². The van der Waals surface area contributed by atoms with Gasteiger partial charge in [-0.3, -0.25) is 0 Å². The van der Waals surface area contributed by atoms with Crippen molar-refractivity contribution in [2.45, 2.75) is 5.60 Å². The van der Waals surface area contributed by atoms with E-state index < -0.39 is 5.60 Å². The van der Waals surface area contributed by atoms with E-state index in [1.165, 1.54) is 10.8 Å². The van der Waals surface area contributed by atoms with Crippen LogP contribution in [-0.2, 0) is 5.60 Å². The maximum Gasteiger partial charge on any atom is 0.134 e. The number of hydrogen-bond donors (Lipinski definition) is 1. The molecule has 0 radical (unpaired) electrons. The first-order valence-corrected chi connectivity index (χ1v) is 10.8. The number of anilines is 2. The second-order valence-electron chi connectivity index (χ2n) is 8.59. The van der Waals surface area contributed by atoms with Gasteiger partial charge in [0.25, 0.3) is 0 Å². The molecule has 0 aliphatic carbocycles. The van der Waals surface area contributed by atoms with Crippen molar-refractivity contribution < 1.29 is 5.11 Å². The van der Waals surface area contributed by atoms with Crippen molar-refractivity contribution in [2.75, 3.05) is 38.0 Å². The smallest absolute Gasteiger partial charge is 0.134 e. The highest BCUT2D eigenvalue weighted by Crippen LogP contribution is 2.34. The molecule has 0 saturated heterocycles. The molecule has 3 heteroatoms. The van der Waals surface area contributed by atoms with Crippen LogP contribution in [0.15, 0.2) is 97.1 Å². The van der Waals surface area contributed by atoms with Crippen LogP contribution >= 0.6 is 0 Å². The molecule has 4 aromatic rings. The molecule has 0 bridgehead atoms. The maximum absolute atomic E-state index is 12.0. The lowest BCUT2D eigenvalue weighted by Crippen LogP contribution is -2.25. The Balaban J connectivity index is 1.77. The lowest BCUT2D eigenvalue weighted by molar-refractivity contribution is 0.135. The SMILES string of the molecule is CN(C)c1ccc(C(O)(/C=C/c2ccc3ccccc3c2)c2ccc(N(C)C)cc2)cc1. The predicted octanol–water partition coefficient (Wildman–Crippen LogP) is 5.92. The molecule has 4 aromatic carbocycles. The van der Waals surface area contributed by atoms with Gasteiger partial charge in [0.1, 0.15) is 5.60 Å². The van der Waals surface area contributed by atoms with E-state index in [0.717, 1.165) is 28.1 Å². The van der Waals surface area contributed by atoms with Gasteiger partial charge in [-0.1, -0.05) is 66.7 Å². The summed E-state index contributed by atoms with van der Waals surface area (Å²) in [5.41, 5.74) is 3.66. The molecule has 0 spiro atoms. The molecule has 4 rings (SSSR count). The largest absolute Gasteiger partial charge is 0.378 e. The second kappa shape index (κ2) is 8.89. The van der Waals surface area contributed by atoms with Crippen molar-refractivity contribution in [3.05, 3.63) is 114 Å². The molecule has 0 atom stereocenters. The van der Waals surface area contributed by atoms with Crippen LogP contribution < -0.4 is 9.80 Å². The lowest BCUT2D eigenvalue weighted by Gasteiger charge is -2.27. The van der Waals surface area contributed by atoms with Gasteiger partial charge in [0, 0.05) is 39.6 Å². The summed E-state index contributed by atoms with van der Waals surface area (Å²) in [4.78, 5) is 4.11.